The van der Waals surface area contributed by atoms with Crippen molar-refractivity contribution < 1.29 is 19.2 Å². The molecular formula is C27H44N3O3+. The third-order valence-corrected chi connectivity index (χ3v) is 5.40. The van der Waals surface area contributed by atoms with Gasteiger partial charge in [-0.1, -0.05) is 61.8 Å². The number of amides is 2. The molecule has 0 spiro atoms. The highest BCUT2D eigenvalue weighted by Gasteiger charge is 2.22. The van der Waals surface area contributed by atoms with Crippen LogP contribution in [0.25, 0.3) is 5.57 Å². The fraction of sp³-hybridized carbons (Fsp3) is 0.556. The van der Waals surface area contributed by atoms with E-state index in [-0.39, 0.29) is 18.5 Å². The summed E-state index contributed by atoms with van der Waals surface area (Å²) in [5.41, 5.74) is 3.87. The van der Waals surface area contributed by atoms with E-state index in [2.05, 4.69) is 60.1 Å². The van der Waals surface area contributed by atoms with Gasteiger partial charge < -0.3 is 20.2 Å². The number of allylic oxidation sites excluding steroid dienone is 4. The van der Waals surface area contributed by atoms with E-state index in [9.17, 15) is 9.59 Å². The molecule has 1 unspecified atom stereocenters. The number of benzene rings is 1. The van der Waals surface area contributed by atoms with Crippen molar-refractivity contribution in [2.75, 3.05) is 34.2 Å². The van der Waals surface area contributed by atoms with Gasteiger partial charge in [0.15, 0.2) is 0 Å². The molecule has 0 radical (unpaired) electrons. The van der Waals surface area contributed by atoms with Gasteiger partial charge in [-0.3, -0.25) is 4.79 Å². The van der Waals surface area contributed by atoms with Gasteiger partial charge in [-0.25, -0.2) is 4.79 Å². The average molecular weight is 459 g/mol. The van der Waals surface area contributed by atoms with Crippen LogP contribution < -0.4 is 10.6 Å². The molecule has 6 nitrogen and oxygen atoms in total. The van der Waals surface area contributed by atoms with E-state index in [1.807, 2.05) is 28.1 Å². The molecule has 1 rings (SSSR count). The molecule has 184 valence electrons. The summed E-state index contributed by atoms with van der Waals surface area (Å²) < 4.78 is 0.593. The second-order valence-electron chi connectivity index (χ2n) is 9.63. The Morgan fingerprint density at radius 1 is 1.00 bits per heavy atom. The highest BCUT2D eigenvalue weighted by molar-refractivity contribution is 5.75. The summed E-state index contributed by atoms with van der Waals surface area (Å²) in [4.78, 5) is 23.2. The zero-order valence-corrected chi connectivity index (χ0v) is 21.2. The summed E-state index contributed by atoms with van der Waals surface area (Å²) in [6, 6.07) is 8.17. The summed E-state index contributed by atoms with van der Waals surface area (Å²) >= 11 is 0. The second kappa shape index (κ2) is 15.3. The first-order chi connectivity index (χ1) is 15.6. The SMILES string of the molecule is CC=CC(=CC)c1ccc(CCCCCCCNC(=O)NC(CC(=O)O)C[N+](C)(C)C)cc1. The Hall–Kier alpha value is -2.60. The van der Waals surface area contributed by atoms with E-state index in [0.29, 0.717) is 17.6 Å². The first-order valence-electron chi connectivity index (χ1n) is 12.1. The van der Waals surface area contributed by atoms with Crippen LogP contribution in [-0.4, -0.2) is 61.9 Å². The minimum atomic E-state index is -0.902. The van der Waals surface area contributed by atoms with Crippen molar-refractivity contribution in [1.82, 2.24) is 10.6 Å². The number of nitrogens with one attached hydrogen (secondary N) is 2. The number of unbranched alkanes of at least 4 members (excludes halogenated alkanes) is 4. The Morgan fingerprint density at radius 2 is 1.64 bits per heavy atom. The van der Waals surface area contributed by atoms with Gasteiger partial charge in [-0.15, -0.1) is 0 Å². The molecule has 0 heterocycles. The quantitative estimate of drug-likeness (QED) is 0.196. The summed E-state index contributed by atoms with van der Waals surface area (Å²) in [5, 5.41) is 14.7. The van der Waals surface area contributed by atoms with Crippen LogP contribution in [0.15, 0.2) is 42.5 Å². The molecule has 0 aromatic heterocycles. The number of carboxylic acids is 1. The fourth-order valence-corrected chi connectivity index (χ4v) is 3.86. The third-order valence-electron chi connectivity index (χ3n) is 5.40. The number of carbonyl (C=O) groups excluding carboxylic acids is 1. The zero-order valence-electron chi connectivity index (χ0n) is 21.2. The number of carbonyl (C=O) groups is 2. The van der Waals surface area contributed by atoms with Crippen LogP contribution in [0.3, 0.4) is 0 Å². The molecule has 0 aliphatic rings. The molecule has 0 saturated carbocycles. The number of aryl methyl sites for hydroxylation is 1. The summed E-state index contributed by atoms with van der Waals surface area (Å²) in [6.07, 6.45) is 12.8. The van der Waals surface area contributed by atoms with Gasteiger partial charge in [0.25, 0.3) is 0 Å². The van der Waals surface area contributed by atoms with Crippen LogP contribution in [-0.2, 0) is 11.2 Å². The van der Waals surface area contributed by atoms with Gasteiger partial charge in [0.2, 0.25) is 0 Å². The summed E-state index contributed by atoms with van der Waals surface area (Å²) in [6.45, 7) is 5.27. The summed E-state index contributed by atoms with van der Waals surface area (Å²) in [7, 11) is 5.94. The van der Waals surface area contributed by atoms with Gasteiger partial charge in [0.1, 0.15) is 0 Å². The topological polar surface area (TPSA) is 78.4 Å². The van der Waals surface area contributed by atoms with Crippen LogP contribution >= 0.6 is 0 Å². The van der Waals surface area contributed by atoms with Crippen molar-refractivity contribution in [2.24, 2.45) is 0 Å². The lowest BCUT2D eigenvalue weighted by molar-refractivity contribution is -0.871. The third kappa shape index (κ3) is 13.5. The largest absolute Gasteiger partial charge is 0.481 e. The van der Waals surface area contributed by atoms with Crippen LogP contribution in [0.5, 0.6) is 0 Å². The number of nitrogens with zero attached hydrogens (tertiary/aromatic N) is 1. The lowest BCUT2D eigenvalue weighted by atomic mass is 10.0. The van der Waals surface area contributed by atoms with E-state index in [1.54, 1.807) is 0 Å². The first kappa shape index (κ1) is 28.4. The standard InChI is InChI=1S/C27H43N3O3/c1-6-13-23(7-2)24-17-15-22(16-18-24)14-11-9-8-10-12-19-28-27(33)29-25(20-26(31)32)21-30(3,4)5/h6-7,13,15-18,25H,8-12,14,19-21H2,1-5H3,(H2-,28,29,31,32,33)/p+1. The maximum absolute atomic E-state index is 12.1. The smallest absolute Gasteiger partial charge is 0.315 e. The van der Waals surface area contributed by atoms with Crippen molar-refractivity contribution in [2.45, 2.75) is 64.8 Å². The van der Waals surface area contributed by atoms with E-state index < -0.39 is 5.97 Å². The molecule has 6 heteroatoms. The molecule has 33 heavy (non-hydrogen) atoms. The Labute approximate surface area is 200 Å². The van der Waals surface area contributed by atoms with Crippen molar-refractivity contribution >= 4 is 17.6 Å². The molecule has 2 amide bonds. The molecule has 1 aromatic rings. The maximum Gasteiger partial charge on any atom is 0.315 e. The number of likely N-dealkylation sites (N-methyl/N-ethyl adjacent to an activating group) is 1. The minimum Gasteiger partial charge on any atom is -0.481 e. The number of hydrogen-bond acceptors (Lipinski definition) is 2. The fourth-order valence-electron chi connectivity index (χ4n) is 3.86. The van der Waals surface area contributed by atoms with Crippen molar-refractivity contribution in [3.8, 4) is 0 Å². The number of hydrogen-bond donors (Lipinski definition) is 3. The number of rotatable bonds is 15. The highest BCUT2D eigenvalue weighted by Crippen LogP contribution is 2.18. The van der Waals surface area contributed by atoms with E-state index >= 15 is 0 Å². The molecule has 3 N–H and O–H groups in total. The van der Waals surface area contributed by atoms with Crippen molar-refractivity contribution in [1.29, 1.82) is 0 Å². The Bertz CT molecular complexity index is 777. The Balaban J connectivity index is 2.20. The predicted octanol–water partition coefficient (Wildman–Crippen LogP) is 5.01. The van der Waals surface area contributed by atoms with Gasteiger partial charge in [0, 0.05) is 6.54 Å². The second-order valence-corrected chi connectivity index (χ2v) is 9.63. The molecule has 0 bridgehead atoms. The number of carboxylic acid groups (broad SMARTS) is 1. The van der Waals surface area contributed by atoms with E-state index in [1.165, 1.54) is 29.5 Å². The minimum absolute atomic E-state index is 0.0715. The van der Waals surface area contributed by atoms with Crippen LogP contribution in [0, 0.1) is 0 Å². The lowest BCUT2D eigenvalue weighted by Crippen LogP contribution is -2.52. The van der Waals surface area contributed by atoms with Crippen LogP contribution in [0.4, 0.5) is 4.79 Å². The molecule has 1 aromatic carbocycles. The normalized spacial score (nSPS) is 13.2. The zero-order chi connectivity index (χ0) is 24.7. The molecule has 0 saturated heterocycles. The molecular weight excluding hydrogens is 414 g/mol. The lowest BCUT2D eigenvalue weighted by Gasteiger charge is -2.29. The van der Waals surface area contributed by atoms with Gasteiger partial charge in [-0.05, 0) is 49.8 Å². The van der Waals surface area contributed by atoms with Crippen molar-refractivity contribution in [3.05, 3.63) is 53.6 Å². The molecule has 1 atom stereocenters. The monoisotopic (exact) mass is 458 g/mol. The van der Waals surface area contributed by atoms with Gasteiger partial charge >= 0.3 is 12.0 Å². The van der Waals surface area contributed by atoms with Gasteiger partial charge in [0.05, 0.1) is 40.2 Å². The Morgan fingerprint density at radius 3 is 2.21 bits per heavy atom. The summed E-state index contributed by atoms with van der Waals surface area (Å²) in [5.74, 6) is -0.902. The van der Waals surface area contributed by atoms with Crippen LogP contribution in [0.2, 0.25) is 0 Å². The molecule has 0 fully saturated rings. The average Bonchev–Trinajstić information content (AvgIpc) is 2.72. The number of quaternary nitrogens is 1. The molecule has 0 aliphatic heterocycles. The Kier molecular flexibility index (Phi) is 13.2. The number of aliphatic carboxylic acids is 1. The van der Waals surface area contributed by atoms with Gasteiger partial charge in [-0.2, -0.15) is 0 Å². The van der Waals surface area contributed by atoms with E-state index in [0.717, 1.165) is 25.7 Å². The molecule has 0 aliphatic carbocycles. The predicted molar refractivity (Wildman–Crippen MR) is 137 cm³/mol. The highest BCUT2D eigenvalue weighted by atomic mass is 16.4. The maximum atomic E-state index is 12.1. The van der Waals surface area contributed by atoms with E-state index in [4.69, 9.17) is 5.11 Å². The number of urea groups is 1. The van der Waals surface area contributed by atoms with Crippen molar-refractivity contribution in [3.63, 3.8) is 0 Å². The van der Waals surface area contributed by atoms with Crippen LogP contribution in [0.1, 0.15) is 63.5 Å². The first-order valence-corrected chi connectivity index (χ1v) is 12.1.